The maximum atomic E-state index is 13.9. The minimum atomic E-state index is -0.946. The number of hydrogen-bond acceptors (Lipinski definition) is 4. The van der Waals surface area contributed by atoms with Crippen molar-refractivity contribution < 1.29 is 14.3 Å². The lowest BCUT2D eigenvalue weighted by molar-refractivity contribution is 0.0985. The highest BCUT2D eigenvalue weighted by molar-refractivity contribution is 6.13. The normalized spacial score (nSPS) is 16.9. The maximum Gasteiger partial charge on any atom is 0.261 e. The van der Waals surface area contributed by atoms with E-state index in [2.05, 4.69) is 5.32 Å². The molecule has 164 valence electrons. The van der Waals surface area contributed by atoms with Crippen molar-refractivity contribution in [3.63, 3.8) is 0 Å². The molecule has 0 saturated carbocycles. The summed E-state index contributed by atoms with van der Waals surface area (Å²) in [6, 6.07) is 33.1. The van der Waals surface area contributed by atoms with E-state index in [1.54, 1.807) is 14.2 Å². The van der Waals surface area contributed by atoms with Gasteiger partial charge in [0.1, 0.15) is 11.5 Å². The standard InChI is InChI=1S/C28H24N2O3/c1-32-23-16-12-21(13-17-23)29-28(20-8-4-3-5-9-20)26-11-7-6-10-25(26)27(31)30(28)22-14-18-24(33-2)19-15-22/h3-19,29H,1-2H3/t28-/m0/s1. The van der Waals surface area contributed by atoms with Gasteiger partial charge in [-0.25, -0.2) is 0 Å². The summed E-state index contributed by atoms with van der Waals surface area (Å²) in [4.78, 5) is 15.7. The lowest BCUT2D eigenvalue weighted by atomic mass is 9.89. The fourth-order valence-corrected chi connectivity index (χ4v) is 4.46. The molecule has 0 aromatic heterocycles. The molecule has 0 unspecified atom stereocenters. The Kier molecular flexibility index (Phi) is 5.23. The van der Waals surface area contributed by atoms with E-state index in [4.69, 9.17) is 9.47 Å². The Morgan fingerprint density at radius 3 is 1.91 bits per heavy atom. The van der Waals surface area contributed by atoms with E-state index >= 15 is 0 Å². The fourth-order valence-electron chi connectivity index (χ4n) is 4.46. The van der Waals surface area contributed by atoms with Crippen molar-refractivity contribution in [2.24, 2.45) is 0 Å². The largest absolute Gasteiger partial charge is 0.497 e. The van der Waals surface area contributed by atoms with Crippen molar-refractivity contribution in [1.82, 2.24) is 0 Å². The number of carbonyl (C=O) groups is 1. The molecule has 4 aromatic carbocycles. The van der Waals surface area contributed by atoms with E-state index in [0.717, 1.165) is 34.0 Å². The van der Waals surface area contributed by atoms with Gasteiger partial charge in [0, 0.05) is 28.1 Å². The Labute approximate surface area is 193 Å². The number of hydrogen-bond donors (Lipinski definition) is 1. The Morgan fingerprint density at radius 2 is 1.27 bits per heavy atom. The molecule has 0 saturated heterocycles. The number of nitrogens with zero attached hydrogens (tertiary/aromatic N) is 1. The van der Waals surface area contributed by atoms with Crippen LogP contribution in [0.25, 0.3) is 0 Å². The van der Waals surface area contributed by atoms with Crippen molar-refractivity contribution in [3.05, 3.63) is 120 Å². The molecule has 0 spiro atoms. The van der Waals surface area contributed by atoms with E-state index in [1.807, 2.05) is 108 Å². The summed E-state index contributed by atoms with van der Waals surface area (Å²) in [5, 5.41) is 3.70. The van der Waals surface area contributed by atoms with Gasteiger partial charge in [-0.1, -0.05) is 48.5 Å². The third-order valence-electron chi connectivity index (χ3n) is 6.02. The number of rotatable bonds is 6. The average Bonchev–Trinajstić information content (AvgIpc) is 3.14. The molecular formula is C28H24N2O3. The van der Waals surface area contributed by atoms with Crippen molar-refractivity contribution in [2.75, 3.05) is 24.4 Å². The van der Waals surface area contributed by atoms with Crippen LogP contribution < -0.4 is 19.7 Å². The average molecular weight is 437 g/mol. The number of carbonyl (C=O) groups excluding carboxylic acids is 1. The van der Waals surface area contributed by atoms with Crippen LogP contribution in [0.3, 0.4) is 0 Å². The second-order valence-corrected chi connectivity index (χ2v) is 7.81. The first-order valence-corrected chi connectivity index (χ1v) is 10.7. The van der Waals surface area contributed by atoms with Crippen LogP contribution in [0, 0.1) is 0 Å². The second kappa shape index (κ2) is 8.36. The Hall–Kier alpha value is -4.25. The molecule has 1 aliphatic rings. The smallest absolute Gasteiger partial charge is 0.261 e. The summed E-state index contributed by atoms with van der Waals surface area (Å²) in [5.74, 6) is 1.43. The van der Waals surface area contributed by atoms with Gasteiger partial charge in [-0.05, 0) is 54.6 Å². The molecule has 5 nitrogen and oxygen atoms in total. The molecule has 1 amide bonds. The number of fused-ring (bicyclic) bond motifs is 1. The predicted molar refractivity (Wildman–Crippen MR) is 130 cm³/mol. The van der Waals surface area contributed by atoms with E-state index in [1.165, 1.54) is 0 Å². The number of amides is 1. The van der Waals surface area contributed by atoms with Gasteiger partial charge in [0.25, 0.3) is 5.91 Å². The molecule has 1 N–H and O–H groups in total. The molecule has 4 aromatic rings. The quantitative estimate of drug-likeness (QED) is 0.423. The summed E-state index contributed by atoms with van der Waals surface area (Å²) >= 11 is 0. The van der Waals surface area contributed by atoms with Gasteiger partial charge in [0.15, 0.2) is 5.66 Å². The highest BCUT2D eigenvalue weighted by Gasteiger charge is 2.51. The number of ether oxygens (including phenoxy) is 2. The molecular weight excluding hydrogens is 412 g/mol. The van der Waals surface area contributed by atoms with Crippen LogP contribution in [0.5, 0.6) is 11.5 Å². The number of nitrogens with one attached hydrogen (secondary N) is 1. The minimum Gasteiger partial charge on any atom is -0.497 e. The van der Waals surface area contributed by atoms with Gasteiger partial charge in [-0.2, -0.15) is 0 Å². The lowest BCUT2D eigenvalue weighted by Crippen LogP contribution is -2.51. The van der Waals surface area contributed by atoms with Crippen molar-refractivity contribution in [2.45, 2.75) is 5.66 Å². The zero-order valence-electron chi connectivity index (χ0n) is 18.5. The fraction of sp³-hybridized carbons (Fsp3) is 0.107. The third-order valence-corrected chi connectivity index (χ3v) is 6.02. The zero-order valence-corrected chi connectivity index (χ0v) is 18.5. The molecule has 33 heavy (non-hydrogen) atoms. The Morgan fingerprint density at radius 1 is 0.697 bits per heavy atom. The lowest BCUT2D eigenvalue weighted by Gasteiger charge is -2.41. The predicted octanol–water partition coefficient (Wildman–Crippen LogP) is 5.68. The summed E-state index contributed by atoms with van der Waals surface area (Å²) in [6.07, 6.45) is 0. The Bertz CT molecular complexity index is 1270. The van der Waals surface area contributed by atoms with E-state index < -0.39 is 5.66 Å². The summed E-state index contributed by atoms with van der Waals surface area (Å²) in [7, 11) is 3.27. The topological polar surface area (TPSA) is 50.8 Å². The molecule has 1 heterocycles. The molecule has 5 rings (SSSR count). The van der Waals surface area contributed by atoms with Crippen LogP contribution in [0.4, 0.5) is 11.4 Å². The van der Waals surface area contributed by atoms with Gasteiger partial charge in [0.05, 0.1) is 14.2 Å². The SMILES string of the molecule is COc1ccc(N[C@]2(c3ccccc3)c3ccccc3C(=O)N2c2ccc(OC)cc2)cc1. The first-order valence-electron chi connectivity index (χ1n) is 10.7. The second-order valence-electron chi connectivity index (χ2n) is 7.81. The van der Waals surface area contributed by atoms with Crippen LogP contribution >= 0.6 is 0 Å². The van der Waals surface area contributed by atoms with Crippen molar-refractivity contribution in [3.8, 4) is 11.5 Å². The van der Waals surface area contributed by atoms with Gasteiger partial charge in [0.2, 0.25) is 0 Å². The van der Waals surface area contributed by atoms with Crippen LogP contribution in [0.2, 0.25) is 0 Å². The molecule has 1 atom stereocenters. The van der Waals surface area contributed by atoms with Gasteiger partial charge in [-0.15, -0.1) is 0 Å². The van der Waals surface area contributed by atoms with E-state index in [0.29, 0.717) is 5.56 Å². The van der Waals surface area contributed by atoms with Gasteiger partial charge in [-0.3, -0.25) is 9.69 Å². The first-order chi connectivity index (χ1) is 16.2. The van der Waals surface area contributed by atoms with Crippen LogP contribution in [0.1, 0.15) is 21.5 Å². The molecule has 5 heteroatoms. The third kappa shape index (κ3) is 3.38. The maximum absolute atomic E-state index is 13.9. The number of anilines is 2. The van der Waals surface area contributed by atoms with Gasteiger partial charge >= 0.3 is 0 Å². The zero-order chi connectivity index (χ0) is 22.8. The van der Waals surface area contributed by atoms with E-state index in [9.17, 15) is 4.79 Å². The van der Waals surface area contributed by atoms with Crippen LogP contribution in [-0.4, -0.2) is 20.1 Å². The monoisotopic (exact) mass is 436 g/mol. The summed E-state index contributed by atoms with van der Waals surface area (Å²) in [6.45, 7) is 0. The van der Waals surface area contributed by atoms with Crippen LogP contribution in [0.15, 0.2) is 103 Å². The molecule has 1 aliphatic heterocycles. The highest BCUT2D eigenvalue weighted by atomic mass is 16.5. The number of methoxy groups -OCH3 is 2. The Balaban J connectivity index is 1.76. The minimum absolute atomic E-state index is 0.0689. The molecule has 0 fully saturated rings. The van der Waals surface area contributed by atoms with Gasteiger partial charge < -0.3 is 14.8 Å². The summed E-state index contributed by atoms with van der Waals surface area (Å²) < 4.78 is 10.7. The van der Waals surface area contributed by atoms with Crippen molar-refractivity contribution >= 4 is 17.3 Å². The number of benzene rings is 4. The highest BCUT2D eigenvalue weighted by Crippen LogP contribution is 2.47. The van der Waals surface area contributed by atoms with Crippen LogP contribution in [-0.2, 0) is 5.66 Å². The summed E-state index contributed by atoms with van der Waals surface area (Å²) in [5.41, 5.74) is 3.20. The van der Waals surface area contributed by atoms with E-state index in [-0.39, 0.29) is 5.91 Å². The van der Waals surface area contributed by atoms with Crippen molar-refractivity contribution in [1.29, 1.82) is 0 Å². The first kappa shape index (κ1) is 20.6. The molecule has 0 radical (unpaired) electrons. The molecule has 0 bridgehead atoms. The molecule has 0 aliphatic carbocycles.